The third-order valence-electron chi connectivity index (χ3n) is 3.02. The van der Waals surface area contributed by atoms with Gasteiger partial charge in [0.25, 0.3) is 0 Å². The van der Waals surface area contributed by atoms with Crippen molar-refractivity contribution in [1.29, 1.82) is 0 Å². The van der Waals surface area contributed by atoms with Gasteiger partial charge in [0.1, 0.15) is 0 Å². The molecule has 0 spiro atoms. The van der Waals surface area contributed by atoms with Gasteiger partial charge < -0.3 is 5.32 Å². The molecule has 0 aliphatic heterocycles. The maximum atomic E-state index is 3.51. The Kier molecular flexibility index (Phi) is 1.26. The van der Waals surface area contributed by atoms with E-state index in [1.54, 1.807) is 0 Å². The zero-order valence-electron chi connectivity index (χ0n) is 6.06. The van der Waals surface area contributed by atoms with Crippen molar-refractivity contribution in [3.63, 3.8) is 0 Å². The van der Waals surface area contributed by atoms with E-state index in [0.29, 0.717) is 0 Å². The van der Waals surface area contributed by atoms with Gasteiger partial charge in [-0.25, -0.2) is 0 Å². The average Bonchev–Trinajstić information content (AvgIpc) is 1.82. The first-order chi connectivity index (χ1) is 4.42. The van der Waals surface area contributed by atoms with Crippen molar-refractivity contribution in [3.8, 4) is 0 Å². The number of hydrogen-bond acceptors (Lipinski definition) is 1. The summed E-state index contributed by atoms with van der Waals surface area (Å²) in [6.07, 6.45) is 4.49. The van der Waals surface area contributed by atoms with Crippen LogP contribution in [0.25, 0.3) is 0 Å². The molecule has 0 bridgehead atoms. The molecule has 0 saturated heterocycles. The fraction of sp³-hybridized carbons (Fsp3) is 1.00. The lowest BCUT2D eigenvalue weighted by molar-refractivity contribution is 0.00650. The summed E-state index contributed by atoms with van der Waals surface area (Å²) >= 11 is 0. The Morgan fingerprint density at radius 2 is 2.33 bits per heavy atom. The van der Waals surface area contributed by atoms with E-state index < -0.39 is 0 Å². The molecule has 0 amide bonds. The second-order valence-electron chi connectivity index (χ2n) is 3.40. The van der Waals surface area contributed by atoms with Crippen molar-refractivity contribution < 1.29 is 0 Å². The molecule has 3 unspecified atom stereocenters. The minimum Gasteiger partial charge on any atom is -0.314 e. The lowest BCUT2D eigenvalue weighted by Gasteiger charge is -2.53. The van der Waals surface area contributed by atoms with E-state index in [1.807, 2.05) is 0 Å². The third kappa shape index (κ3) is 0.710. The van der Waals surface area contributed by atoms with Gasteiger partial charge in [-0.2, -0.15) is 0 Å². The minimum absolute atomic E-state index is 0.911. The molecule has 2 saturated carbocycles. The lowest BCUT2D eigenvalue weighted by atomic mass is 9.56. The summed E-state index contributed by atoms with van der Waals surface area (Å²) in [5.74, 6) is 2.22. The SMILES string of the molecule is CCNC1CC2CCC21. The molecule has 0 aromatic heterocycles. The highest BCUT2D eigenvalue weighted by Gasteiger charge is 2.46. The van der Waals surface area contributed by atoms with Gasteiger partial charge in [-0.3, -0.25) is 0 Å². The van der Waals surface area contributed by atoms with E-state index in [4.69, 9.17) is 0 Å². The number of rotatable bonds is 2. The van der Waals surface area contributed by atoms with Crippen LogP contribution in [0.4, 0.5) is 0 Å². The topological polar surface area (TPSA) is 12.0 Å². The van der Waals surface area contributed by atoms with Gasteiger partial charge in [0.2, 0.25) is 0 Å². The molecule has 1 heteroatoms. The summed E-state index contributed by atoms with van der Waals surface area (Å²) in [6, 6.07) is 0.911. The zero-order valence-corrected chi connectivity index (χ0v) is 6.06. The summed E-state index contributed by atoms with van der Waals surface area (Å²) in [5.41, 5.74) is 0. The summed E-state index contributed by atoms with van der Waals surface area (Å²) in [6.45, 7) is 3.36. The highest BCUT2D eigenvalue weighted by molar-refractivity contribution is 5.00. The summed E-state index contributed by atoms with van der Waals surface area (Å²) in [4.78, 5) is 0. The molecule has 9 heavy (non-hydrogen) atoms. The van der Waals surface area contributed by atoms with E-state index in [0.717, 1.165) is 24.4 Å². The van der Waals surface area contributed by atoms with Crippen LogP contribution in [0.2, 0.25) is 0 Å². The van der Waals surface area contributed by atoms with Crippen LogP contribution in [0.1, 0.15) is 26.2 Å². The highest BCUT2D eigenvalue weighted by atomic mass is 14.9. The zero-order chi connectivity index (χ0) is 6.27. The molecule has 2 aliphatic rings. The van der Waals surface area contributed by atoms with Gasteiger partial charge in [0, 0.05) is 6.04 Å². The number of nitrogens with one attached hydrogen (secondary N) is 1. The summed E-state index contributed by atoms with van der Waals surface area (Å²) < 4.78 is 0. The normalized spacial score (nSPS) is 47.0. The second kappa shape index (κ2) is 1.98. The van der Waals surface area contributed by atoms with Gasteiger partial charge in [0.05, 0.1) is 0 Å². The fourth-order valence-corrected chi connectivity index (χ4v) is 2.22. The Hall–Kier alpha value is -0.0400. The van der Waals surface area contributed by atoms with Crippen molar-refractivity contribution in [2.75, 3.05) is 6.54 Å². The largest absolute Gasteiger partial charge is 0.314 e. The summed E-state index contributed by atoms with van der Waals surface area (Å²) in [5, 5.41) is 3.51. The van der Waals surface area contributed by atoms with E-state index in [2.05, 4.69) is 12.2 Å². The van der Waals surface area contributed by atoms with Gasteiger partial charge in [0.15, 0.2) is 0 Å². The Morgan fingerprint density at radius 1 is 1.44 bits per heavy atom. The summed E-state index contributed by atoms with van der Waals surface area (Å²) in [7, 11) is 0. The average molecular weight is 125 g/mol. The first-order valence-electron chi connectivity index (χ1n) is 4.15. The Labute approximate surface area is 56.8 Å². The van der Waals surface area contributed by atoms with Crippen LogP contribution in [-0.4, -0.2) is 12.6 Å². The Bertz CT molecular complexity index is 109. The van der Waals surface area contributed by atoms with E-state index in [1.165, 1.54) is 19.3 Å². The van der Waals surface area contributed by atoms with Crippen molar-refractivity contribution in [3.05, 3.63) is 0 Å². The molecule has 0 heterocycles. The maximum Gasteiger partial charge on any atom is 0.0101 e. The van der Waals surface area contributed by atoms with Crippen LogP contribution in [0.5, 0.6) is 0 Å². The predicted octanol–water partition coefficient (Wildman–Crippen LogP) is 1.39. The van der Waals surface area contributed by atoms with Gasteiger partial charge in [-0.15, -0.1) is 0 Å². The molecule has 2 rings (SSSR count). The molecule has 0 radical (unpaired) electrons. The standard InChI is InChI=1S/C8H15N/c1-2-9-8-5-6-3-4-7(6)8/h6-9H,2-5H2,1H3. The van der Waals surface area contributed by atoms with Gasteiger partial charge in [-0.05, 0) is 37.6 Å². The number of fused-ring (bicyclic) bond motifs is 1. The Balaban J connectivity index is 1.77. The molecule has 0 aromatic rings. The van der Waals surface area contributed by atoms with Crippen molar-refractivity contribution in [1.82, 2.24) is 5.32 Å². The van der Waals surface area contributed by atoms with Crippen LogP contribution in [-0.2, 0) is 0 Å². The smallest absolute Gasteiger partial charge is 0.0101 e. The third-order valence-corrected chi connectivity index (χ3v) is 3.02. The van der Waals surface area contributed by atoms with Crippen LogP contribution in [0.3, 0.4) is 0 Å². The molecule has 1 N–H and O–H groups in total. The highest BCUT2D eigenvalue weighted by Crippen LogP contribution is 2.49. The molecule has 0 aromatic carbocycles. The van der Waals surface area contributed by atoms with Crippen LogP contribution in [0.15, 0.2) is 0 Å². The number of hydrogen-bond donors (Lipinski definition) is 1. The predicted molar refractivity (Wildman–Crippen MR) is 38.3 cm³/mol. The molecule has 2 aliphatic carbocycles. The molecular formula is C8H15N. The monoisotopic (exact) mass is 125 g/mol. The molecule has 3 atom stereocenters. The fourth-order valence-electron chi connectivity index (χ4n) is 2.22. The van der Waals surface area contributed by atoms with E-state index in [-0.39, 0.29) is 0 Å². The van der Waals surface area contributed by atoms with Crippen molar-refractivity contribution in [2.24, 2.45) is 11.8 Å². The molecular weight excluding hydrogens is 110 g/mol. The Morgan fingerprint density at radius 3 is 2.67 bits per heavy atom. The quantitative estimate of drug-likeness (QED) is 0.588. The van der Waals surface area contributed by atoms with Crippen LogP contribution < -0.4 is 5.32 Å². The molecule has 2 fully saturated rings. The molecule has 52 valence electrons. The first-order valence-corrected chi connectivity index (χ1v) is 4.15. The van der Waals surface area contributed by atoms with Crippen LogP contribution in [0, 0.1) is 11.8 Å². The van der Waals surface area contributed by atoms with E-state index in [9.17, 15) is 0 Å². The maximum absolute atomic E-state index is 3.51. The van der Waals surface area contributed by atoms with Gasteiger partial charge in [-0.1, -0.05) is 6.92 Å². The van der Waals surface area contributed by atoms with Gasteiger partial charge >= 0.3 is 0 Å². The second-order valence-corrected chi connectivity index (χ2v) is 3.40. The van der Waals surface area contributed by atoms with Crippen LogP contribution >= 0.6 is 0 Å². The lowest BCUT2D eigenvalue weighted by Crippen LogP contribution is -2.55. The minimum atomic E-state index is 0.911. The van der Waals surface area contributed by atoms with Crippen molar-refractivity contribution >= 4 is 0 Å². The first kappa shape index (κ1) is 5.72. The van der Waals surface area contributed by atoms with E-state index >= 15 is 0 Å². The molecule has 1 nitrogen and oxygen atoms in total. The van der Waals surface area contributed by atoms with Crippen molar-refractivity contribution in [2.45, 2.75) is 32.2 Å².